The molecule has 2 heterocycles. The summed E-state index contributed by atoms with van der Waals surface area (Å²) in [5.41, 5.74) is 1.16. The maximum atomic E-state index is 11.0. The van der Waals surface area contributed by atoms with Crippen molar-refractivity contribution in [2.75, 3.05) is 11.9 Å². The van der Waals surface area contributed by atoms with Crippen molar-refractivity contribution in [3.05, 3.63) is 23.9 Å². The number of hydrogen-bond acceptors (Lipinski definition) is 3. The van der Waals surface area contributed by atoms with Crippen LogP contribution in [0.2, 0.25) is 0 Å². The highest BCUT2D eigenvalue weighted by Crippen LogP contribution is 2.35. The number of nitrogens with zero attached hydrogens (tertiary/aromatic N) is 1. The van der Waals surface area contributed by atoms with Crippen LogP contribution in [0, 0.1) is 0 Å². The second-order valence-corrected chi connectivity index (χ2v) is 5.45. The van der Waals surface area contributed by atoms with Gasteiger partial charge in [0.1, 0.15) is 5.82 Å². The van der Waals surface area contributed by atoms with Gasteiger partial charge >= 0.3 is 0 Å². The molecule has 1 aliphatic heterocycles. The average Bonchev–Trinajstić information content (AvgIpc) is 2.27. The van der Waals surface area contributed by atoms with Gasteiger partial charge in [0.2, 0.25) is 5.91 Å². The van der Waals surface area contributed by atoms with Crippen molar-refractivity contribution in [2.45, 2.75) is 45.1 Å². The smallest absolute Gasteiger partial charge is 0.222 e. The molecule has 1 amide bonds. The Morgan fingerprint density at radius 2 is 2.33 bits per heavy atom. The fraction of sp³-hybridized carbons (Fsp3) is 0.571. The van der Waals surface area contributed by atoms with Gasteiger partial charge in [-0.2, -0.15) is 0 Å². The molecule has 1 N–H and O–H groups in total. The van der Waals surface area contributed by atoms with Crippen molar-refractivity contribution in [3.8, 4) is 0 Å². The van der Waals surface area contributed by atoms with Crippen LogP contribution in [0.25, 0.3) is 0 Å². The van der Waals surface area contributed by atoms with E-state index in [0.29, 0.717) is 11.7 Å². The van der Waals surface area contributed by atoms with Crippen LogP contribution in [0.1, 0.15) is 45.1 Å². The van der Waals surface area contributed by atoms with E-state index in [-0.39, 0.29) is 11.5 Å². The molecule has 98 valence electrons. The molecular formula is C14H20N2O2. The third-order valence-electron chi connectivity index (χ3n) is 3.26. The molecule has 0 spiro atoms. The molecular weight excluding hydrogens is 228 g/mol. The van der Waals surface area contributed by atoms with E-state index in [4.69, 9.17) is 4.74 Å². The Kier molecular flexibility index (Phi) is 3.66. The van der Waals surface area contributed by atoms with Crippen LogP contribution in [0.15, 0.2) is 18.3 Å². The number of rotatable bonds is 2. The van der Waals surface area contributed by atoms with Crippen LogP contribution < -0.4 is 5.32 Å². The van der Waals surface area contributed by atoms with Gasteiger partial charge in [-0.15, -0.1) is 0 Å². The minimum Gasteiger partial charge on any atom is -0.376 e. The summed E-state index contributed by atoms with van der Waals surface area (Å²) in [5.74, 6) is 1.01. The third-order valence-corrected chi connectivity index (χ3v) is 3.26. The second kappa shape index (κ2) is 5.06. The standard InChI is InChI=1S/C14H20N2O2/c1-10(17)16-13-8-11(4-6-15-13)12-5-7-18-14(2,3)9-12/h4,6,8,12H,5,7,9H2,1-3H3,(H,15,16,17). The third kappa shape index (κ3) is 3.29. The molecule has 0 saturated carbocycles. The number of anilines is 1. The summed E-state index contributed by atoms with van der Waals surface area (Å²) < 4.78 is 5.73. The van der Waals surface area contributed by atoms with Crippen LogP contribution in [0.4, 0.5) is 5.82 Å². The zero-order valence-corrected chi connectivity index (χ0v) is 11.2. The summed E-state index contributed by atoms with van der Waals surface area (Å²) in [4.78, 5) is 15.2. The largest absolute Gasteiger partial charge is 0.376 e. The molecule has 1 fully saturated rings. The summed E-state index contributed by atoms with van der Waals surface area (Å²) in [7, 11) is 0. The number of pyridine rings is 1. The number of nitrogens with one attached hydrogen (secondary N) is 1. The van der Waals surface area contributed by atoms with Gasteiger partial charge in [0.25, 0.3) is 0 Å². The number of ether oxygens (including phenoxy) is 1. The van der Waals surface area contributed by atoms with Gasteiger partial charge in [-0.05, 0) is 50.3 Å². The van der Waals surface area contributed by atoms with E-state index in [0.717, 1.165) is 19.4 Å². The molecule has 0 bridgehead atoms. The zero-order valence-electron chi connectivity index (χ0n) is 11.2. The van der Waals surface area contributed by atoms with Crippen molar-refractivity contribution in [2.24, 2.45) is 0 Å². The Morgan fingerprint density at radius 3 is 3.00 bits per heavy atom. The summed E-state index contributed by atoms with van der Waals surface area (Å²) >= 11 is 0. The molecule has 4 heteroatoms. The summed E-state index contributed by atoms with van der Waals surface area (Å²) in [5, 5.41) is 2.72. The van der Waals surface area contributed by atoms with E-state index in [1.54, 1.807) is 6.20 Å². The first-order valence-corrected chi connectivity index (χ1v) is 6.34. The molecule has 0 aromatic carbocycles. The molecule has 1 atom stereocenters. The molecule has 1 aliphatic rings. The predicted octanol–water partition coefficient (Wildman–Crippen LogP) is 2.71. The summed E-state index contributed by atoms with van der Waals surface area (Å²) in [6.07, 6.45) is 3.77. The molecule has 1 unspecified atom stereocenters. The van der Waals surface area contributed by atoms with Gasteiger partial charge in [0.15, 0.2) is 0 Å². The number of carbonyl (C=O) groups is 1. The molecule has 1 aromatic heterocycles. The Labute approximate surface area is 108 Å². The van der Waals surface area contributed by atoms with E-state index < -0.39 is 0 Å². The van der Waals surface area contributed by atoms with Crippen LogP contribution in [-0.2, 0) is 9.53 Å². The predicted molar refractivity (Wildman–Crippen MR) is 70.5 cm³/mol. The van der Waals surface area contributed by atoms with Gasteiger partial charge < -0.3 is 10.1 Å². The highest BCUT2D eigenvalue weighted by Gasteiger charge is 2.29. The van der Waals surface area contributed by atoms with Crippen molar-refractivity contribution in [3.63, 3.8) is 0 Å². The first-order chi connectivity index (χ1) is 8.46. The normalized spacial score (nSPS) is 22.5. The Bertz CT molecular complexity index is 443. The molecule has 0 aliphatic carbocycles. The first-order valence-electron chi connectivity index (χ1n) is 6.34. The molecule has 1 saturated heterocycles. The Hall–Kier alpha value is -1.42. The number of hydrogen-bond donors (Lipinski definition) is 1. The van der Waals surface area contributed by atoms with E-state index >= 15 is 0 Å². The van der Waals surface area contributed by atoms with Gasteiger partial charge in [0, 0.05) is 19.7 Å². The lowest BCUT2D eigenvalue weighted by atomic mass is 9.84. The molecule has 0 radical (unpaired) electrons. The second-order valence-electron chi connectivity index (χ2n) is 5.45. The lowest BCUT2D eigenvalue weighted by molar-refractivity contribution is -0.114. The fourth-order valence-electron chi connectivity index (χ4n) is 2.47. The van der Waals surface area contributed by atoms with Gasteiger partial charge in [-0.25, -0.2) is 4.98 Å². The quantitative estimate of drug-likeness (QED) is 0.875. The lowest BCUT2D eigenvalue weighted by Crippen LogP contribution is -2.33. The highest BCUT2D eigenvalue weighted by molar-refractivity contribution is 5.87. The van der Waals surface area contributed by atoms with E-state index in [9.17, 15) is 4.79 Å². The minimum atomic E-state index is -0.0908. The van der Waals surface area contributed by atoms with E-state index in [2.05, 4.69) is 24.1 Å². The molecule has 1 aromatic rings. The maximum absolute atomic E-state index is 11.0. The molecule has 2 rings (SSSR count). The van der Waals surface area contributed by atoms with Crippen LogP contribution >= 0.6 is 0 Å². The van der Waals surface area contributed by atoms with Crippen LogP contribution in [0.3, 0.4) is 0 Å². The first kappa shape index (κ1) is 13.0. The lowest BCUT2D eigenvalue weighted by Gasteiger charge is -2.35. The molecule has 18 heavy (non-hydrogen) atoms. The Morgan fingerprint density at radius 1 is 1.56 bits per heavy atom. The van der Waals surface area contributed by atoms with Gasteiger partial charge in [-0.1, -0.05) is 0 Å². The number of amides is 1. The molecule has 4 nitrogen and oxygen atoms in total. The monoisotopic (exact) mass is 248 g/mol. The minimum absolute atomic E-state index is 0.0691. The van der Waals surface area contributed by atoms with Gasteiger partial charge in [0.05, 0.1) is 5.60 Å². The number of carbonyl (C=O) groups excluding carboxylic acids is 1. The maximum Gasteiger partial charge on any atom is 0.222 e. The topological polar surface area (TPSA) is 51.2 Å². The highest BCUT2D eigenvalue weighted by atomic mass is 16.5. The fourth-order valence-corrected chi connectivity index (χ4v) is 2.47. The van der Waals surface area contributed by atoms with E-state index in [1.807, 2.05) is 12.1 Å². The van der Waals surface area contributed by atoms with Gasteiger partial charge in [-0.3, -0.25) is 4.79 Å². The van der Waals surface area contributed by atoms with E-state index in [1.165, 1.54) is 12.5 Å². The van der Waals surface area contributed by atoms with Crippen molar-refractivity contribution in [1.82, 2.24) is 4.98 Å². The van der Waals surface area contributed by atoms with Crippen molar-refractivity contribution < 1.29 is 9.53 Å². The Balaban J connectivity index is 2.15. The van der Waals surface area contributed by atoms with Crippen LogP contribution in [-0.4, -0.2) is 23.1 Å². The average molecular weight is 248 g/mol. The zero-order chi connectivity index (χ0) is 13.2. The number of aromatic nitrogens is 1. The van der Waals surface area contributed by atoms with Crippen molar-refractivity contribution in [1.29, 1.82) is 0 Å². The summed E-state index contributed by atoms with van der Waals surface area (Å²) in [6.45, 7) is 6.52. The summed E-state index contributed by atoms with van der Waals surface area (Å²) in [6, 6.07) is 3.99. The van der Waals surface area contributed by atoms with Crippen LogP contribution in [0.5, 0.6) is 0 Å². The SMILES string of the molecule is CC(=O)Nc1cc(C2CCOC(C)(C)C2)ccn1. The van der Waals surface area contributed by atoms with Crippen molar-refractivity contribution >= 4 is 11.7 Å².